The minimum Gasteiger partial charge on any atom is -0.338 e. The molecule has 0 bridgehead atoms. The van der Waals surface area contributed by atoms with Gasteiger partial charge in [-0.1, -0.05) is 47.6 Å². The summed E-state index contributed by atoms with van der Waals surface area (Å²) in [6.07, 6.45) is 2.24. The first-order chi connectivity index (χ1) is 17.4. The predicted octanol–water partition coefficient (Wildman–Crippen LogP) is 3.45. The van der Waals surface area contributed by atoms with E-state index in [-0.39, 0.29) is 29.2 Å². The van der Waals surface area contributed by atoms with E-state index in [0.29, 0.717) is 41.2 Å². The number of sulfone groups is 1. The highest BCUT2D eigenvalue weighted by Gasteiger charge is 2.34. The van der Waals surface area contributed by atoms with Crippen LogP contribution in [0.25, 0.3) is 16.7 Å². The van der Waals surface area contributed by atoms with Crippen LogP contribution in [-0.2, 0) is 21.2 Å². The number of amides is 1. The van der Waals surface area contributed by atoms with Gasteiger partial charge in [-0.15, -0.1) is 10.2 Å². The molecule has 9 nitrogen and oxygen atoms in total. The molecule has 0 aliphatic carbocycles. The molecule has 0 N–H and O–H groups in total. The Morgan fingerprint density at radius 1 is 1.17 bits per heavy atom. The van der Waals surface area contributed by atoms with Crippen LogP contribution in [0.1, 0.15) is 19.2 Å². The van der Waals surface area contributed by atoms with Crippen molar-refractivity contribution < 1.29 is 13.2 Å². The Morgan fingerprint density at radius 3 is 2.69 bits per heavy atom. The van der Waals surface area contributed by atoms with Crippen molar-refractivity contribution in [3.05, 3.63) is 65.7 Å². The SMILES string of the molecule is CCN(C(=O)CSc1nnc(Cn2cnc3ccccc32)n1-c1ccccc1Cl)[C@@H]1CCS(=O)(=O)C1. The normalized spacial score (nSPS) is 17.0. The summed E-state index contributed by atoms with van der Waals surface area (Å²) in [5.41, 5.74) is 2.57. The number of aromatic nitrogens is 5. The maximum absolute atomic E-state index is 13.1. The smallest absolute Gasteiger partial charge is 0.233 e. The van der Waals surface area contributed by atoms with E-state index in [1.807, 2.05) is 58.5 Å². The molecular weight excluding hydrogens is 520 g/mol. The molecule has 3 heterocycles. The first-order valence-electron chi connectivity index (χ1n) is 11.6. The second kappa shape index (κ2) is 10.2. The number of rotatable bonds is 8. The van der Waals surface area contributed by atoms with Crippen LogP contribution in [0, 0.1) is 0 Å². The van der Waals surface area contributed by atoms with Crippen molar-refractivity contribution in [3.63, 3.8) is 0 Å². The quantitative estimate of drug-likeness (QED) is 0.313. The van der Waals surface area contributed by atoms with Crippen LogP contribution < -0.4 is 0 Å². The molecule has 0 radical (unpaired) electrons. The number of hydrogen-bond acceptors (Lipinski definition) is 7. The Balaban J connectivity index is 1.42. The summed E-state index contributed by atoms with van der Waals surface area (Å²) < 4.78 is 27.7. The first-order valence-corrected chi connectivity index (χ1v) is 14.8. The number of hydrogen-bond donors (Lipinski definition) is 0. The van der Waals surface area contributed by atoms with Crippen LogP contribution in [0.2, 0.25) is 5.02 Å². The molecule has 12 heteroatoms. The second-order valence-electron chi connectivity index (χ2n) is 8.57. The monoisotopic (exact) mass is 544 g/mol. The van der Waals surface area contributed by atoms with E-state index in [2.05, 4.69) is 15.2 Å². The average Bonchev–Trinajstić information content (AvgIpc) is 3.56. The number of carbonyl (C=O) groups excluding carboxylic acids is 1. The Hall–Kier alpha value is -2.89. The third kappa shape index (κ3) is 5.00. The number of thioether (sulfide) groups is 1. The molecule has 0 spiro atoms. The van der Waals surface area contributed by atoms with Crippen molar-refractivity contribution in [3.8, 4) is 5.69 Å². The van der Waals surface area contributed by atoms with Gasteiger partial charge >= 0.3 is 0 Å². The van der Waals surface area contributed by atoms with Crippen molar-refractivity contribution in [2.45, 2.75) is 31.1 Å². The average molecular weight is 545 g/mol. The van der Waals surface area contributed by atoms with Crippen LogP contribution >= 0.6 is 23.4 Å². The van der Waals surface area contributed by atoms with E-state index in [4.69, 9.17) is 11.6 Å². The van der Waals surface area contributed by atoms with Crippen molar-refractivity contribution in [1.29, 1.82) is 0 Å². The van der Waals surface area contributed by atoms with Crippen molar-refractivity contribution >= 4 is 50.1 Å². The molecule has 36 heavy (non-hydrogen) atoms. The lowest BCUT2D eigenvalue weighted by Gasteiger charge is -2.26. The number of benzene rings is 2. The molecule has 4 aromatic rings. The zero-order valence-corrected chi connectivity index (χ0v) is 22.0. The fraction of sp³-hybridized carbons (Fsp3) is 0.333. The predicted molar refractivity (Wildman–Crippen MR) is 140 cm³/mol. The van der Waals surface area contributed by atoms with E-state index in [1.165, 1.54) is 11.8 Å². The van der Waals surface area contributed by atoms with Gasteiger partial charge in [0, 0.05) is 12.6 Å². The highest BCUT2D eigenvalue weighted by atomic mass is 35.5. The number of carbonyl (C=O) groups is 1. The fourth-order valence-corrected chi connectivity index (χ4v) is 7.33. The van der Waals surface area contributed by atoms with Gasteiger partial charge in [0.05, 0.1) is 51.9 Å². The Bertz CT molecular complexity index is 1520. The van der Waals surface area contributed by atoms with Crippen LogP contribution in [0.4, 0.5) is 0 Å². The Morgan fingerprint density at radius 2 is 1.94 bits per heavy atom. The molecular formula is C24H25ClN6O3S2. The molecule has 1 atom stereocenters. The molecule has 188 valence electrons. The van der Waals surface area contributed by atoms with Gasteiger partial charge in [0.2, 0.25) is 5.91 Å². The number of halogens is 1. The number of nitrogens with zero attached hydrogens (tertiary/aromatic N) is 6. The minimum absolute atomic E-state index is 0.0239. The van der Waals surface area contributed by atoms with Gasteiger partial charge in [-0.2, -0.15) is 0 Å². The molecule has 2 aromatic heterocycles. The summed E-state index contributed by atoms with van der Waals surface area (Å²) in [6, 6.07) is 15.0. The Labute approximate surface area is 218 Å². The summed E-state index contributed by atoms with van der Waals surface area (Å²) in [7, 11) is -3.09. The molecule has 1 aliphatic rings. The molecule has 5 rings (SSSR count). The lowest BCUT2D eigenvalue weighted by Crippen LogP contribution is -2.42. The summed E-state index contributed by atoms with van der Waals surface area (Å²) in [5, 5.41) is 9.89. The third-order valence-corrected chi connectivity index (χ3v) is 9.25. The molecule has 0 unspecified atom stereocenters. The number of imidazole rings is 1. The molecule has 1 aliphatic heterocycles. The molecule has 1 fully saturated rings. The maximum atomic E-state index is 13.1. The van der Waals surface area contributed by atoms with Crippen LogP contribution in [0.15, 0.2) is 60.0 Å². The van der Waals surface area contributed by atoms with Crippen LogP contribution in [0.5, 0.6) is 0 Å². The van der Waals surface area contributed by atoms with E-state index in [9.17, 15) is 13.2 Å². The molecule has 2 aromatic carbocycles. The van der Waals surface area contributed by atoms with Gasteiger partial charge in [-0.3, -0.25) is 9.36 Å². The van der Waals surface area contributed by atoms with E-state index < -0.39 is 9.84 Å². The molecule has 0 saturated carbocycles. The van der Waals surface area contributed by atoms with Gasteiger partial charge < -0.3 is 9.47 Å². The first kappa shape index (κ1) is 24.8. The van der Waals surface area contributed by atoms with E-state index in [1.54, 1.807) is 17.3 Å². The molecule has 1 saturated heterocycles. The van der Waals surface area contributed by atoms with Gasteiger partial charge in [0.15, 0.2) is 20.8 Å². The number of para-hydroxylation sites is 3. The van der Waals surface area contributed by atoms with Crippen molar-refractivity contribution in [2.75, 3.05) is 23.8 Å². The Kier molecular flexibility index (Phi) is 7.05. The van der Waals surface area contributed by atoms with E-state index in [0.717, 1.165) is 11.0 Å². The molecule has 1 amide bonds. The zero-order valence-electron chi connectivity index (χ0n) is 19.6. The van der Waals surface area contributed by atoms with Gasteiger partial charge in [0.1, 0.15) is 0 Å². The summed E-state index contributed by atoms with van der Waals surface area (Å²) in [5.74, 6) is 0.787. The van der Waals surface area contributed by atoms with Gasteiger partial charge in [-0.25, -0.2) is 13.4 Å². The highest BCUT2D eigenvalue weighted by Crippen LogP contribution is 2.29. The van der Waals surface area contributed by atoms with Gasteiger partial charge in [-0.05, 0) is 37.6 Å². The maximum Gasteiger partial charge on any atom is 0.233 e. The summed E-state index contributed by atoms with van der Waals surface area (Å²) >= 11 is 7.81. The lowest BCUT2D eigenvalue weighted by molar-refractivity contribution is -0.129. The largest absolute Gasteiger partial charge is 0.338 e. The van der Waals surface area contributed by atoms with E-state index >= 15 is 0 Å². The fourth-order valence-electron chi connectivity index (χ4n) is 4.53. The minimum atomic E-state index is -3.09. The van der Waals surface area contributed by atoms with Crippen molar-refractivity contribution in [1.82, 2.24) is 29.2 Å². The zero-order chi connectivity index (χ0) is 25.3. The van der Waals surface area contributed by atoms with Gasteiger partial charge in [0.25, 0.3) is 0 Å². The standard InChI is InChI=1S/C24H25ClN6O3S2/c1-2-30(17-11-12-36(33,34)15-17)23(32)14-35-24-28-27-22(31(24)20-9-5-3-7-18(20)25)13-29-16-26-19-8-4-6-10-21(19)29/h3-10,16-17H,2,11-15H2,1H3/t17-/m1/s1. The number of fused-ring (bicyclic) bond motifs is 1. The van der Waals surface area contributed by atoms with Crippen molar-refractivity contribution in [2.24, 2.45) is 0 Å². The second-order valence-corrected chi connectivity index (χ2v) is 12.2. The van der Waals surface area contributed by atoms with Crippen LogP contribution in [0.3, 0.4) is 0 Å². The lowest BCUT2D eigenvalue weighted by atomic mass is 10.2. The highest BCUT2D eigenvalue weighted by molar-refractivity contribution is 7.99. The van der Waals surface area contributed by atoms with Crippen LogP contribution in [-0.4, -0.2) is 73.4 Å². The summed E-state index contributed by atoms with van der Waals surface area (Å²) in [4.78, 5) is 19.2. The summed E-state index contributed by atoms with van der Waals surface area (Å²) in [6.45, 7) is 2.73. The third-order valence-electron chi connectivity index (χ3n) is 6.27. The topological polar surface area (TPSA) is 103 Å².